The summed E-state index contributed by atoms with van der Waals surface area (Å²) in [6.07, 6.45) is 0.916. The minimum absolute atomic E-state index is 0.110. The maximum atomic E-state index is 11.6. The summed E-state index contributed by atoms with van der Waals surface area (Å²) in [5, 5.41) is 5.72. The van der Waals surface area contributed by atoms with Crippen molar-refractivity contribution in [1.29, 1.82) is 0 Å². The maximum absolute atomic E-state index is 11.6. The number of anilines is 2. The number of hydrogen-bond donors (Lipinski definition) is 3. The van der Waals surface area contributed by atoms with E-state index in [1.807, 2.05) is 25.1 Å². The maximum Gasteiger partial charge on any atom is 0.239 e. The largest absolute Gasteiger partial charge is 0.491 e. The minimum atomic E-state index is -0.110. The lowest BCUT2D eigenvalue weighted by Gasteiger charge is -2.13. The van der Waals surface area contributed by atoms with E-state index in [0.717, 1.165) is 6.42 Å². The molecule has 0 unspecified atom stereocenters. The third kappa shape index (κ3) is 5.36. The molecule has 1 aromatic rings. The van der Waals surface area contributed by atoms with Crippen molar-refractivity contribution in [3.8, 4) is 5.75 Å². The van der Waals surface area contributed by atoms with Gasteiger partial charge >= 0.3 is 0 Å². The second kappa shape index (κ2) is 9.03. The predicted octanol–water partition coefficient (Wildman–Crippen LogP) is 1.23. The van der Waals surface area contributed by atoms with E-state index in [1.165, 1.54) is 0 Å². The van der Waals surface area contributed by atoms with E-state index in [-0.39, 0.29) is 12.5 Å². The Morgan fingerprint density at radius 3 is 2.85 bits per heavy atom. The number of carbonyl (C=O) groups excluding carboxylic acids is 1. The number of carbonyl (C=O) groups is 1. The molecular formula is C14H23N3O3. The van der Waals surface area contributed by atoms with Crippen molar-refractivity contribution in [1.82, 2.24) is 5.32 Å². The molecule has 0 heterocycles. The van der Waals surface area contributed by atoms with Gasteiger partial charge in [-0.15, -0.1) is 0 Å². The first-order valence-corrected chi connectivity index (χ1v) is 6.69. The lowest BCUT2D eigenvalue weighted by atomic mass is 10.2. The van der Waals surface area contributed by atoms with Crippen LogP contribution in [0.1, 0.15) is 13.3 Å². The molecule has 0 atom stereocenters. The summed E-state index contributed by atoms with van der Waals surface area (Å²) >= 11 is 0. The number of benzene rings is 1. The van der Waals surface area contributed by atoms with Gasteiger partial charge in [0.2, 0.25) is 5.91 Å². The van der Waals surface area contributed by atoms with Gasteiger partial charge in [0, 0.05) is 13.7 Å². The molecule has 0 spiro atoms. The van der Waals surface area contributed by atoms with E-state index in [0.29, 0.717) is 36.9 Å². The highest BCUT2D eigenvalue weighted by molar-refractivity contribution is 5.83. The first-order chi connectivity index (χ1) is 9.69. The molecule has 6 heteroatoms. The van der Waals surface area contributed by atoms with Crippen LogP contribution < -0.4 is 21.1 Å². The molecule has 0 aliphatic heterocycles. The molecule has 0 saturated heterocycles. The Kier molecular flexibility index (Phi) is 7.27. The quantitative estimate of drug-likeness (QED) is 0.468. The van der Waals surface area contributed by atoms with Gasteiger partial charge in [-0.05, 0) is 18.6 Å². The molecule has 6 nitrogen and oxygen atoms in total. The fourth-order valence-electron chi connectivity index (χ4n) is 1.57. The highest BCUT2D eigenvalue weighted by Gasteiger charge is 2.07. The van der Waals surface area contributed by atoms with E-state index in [1.54, 1.807) is 7.11 Å². The Labute approximate surface area is 119 Å². The average Bonchev–Trinajstić information content (AvgIpc) is 2.45. The van der Waals surface area contributed by atoms with E-state index < -0.39 is 0 Å². The number of nitrogens with two attached hydrogens (primary N) is 1. The molecule has 4 N–H and O–H groups in total. The number of amides is 1. The van der Waals surface area contributed by atoms with Gasteiger partial charge in [0.25, 0.3) is 0 Å². The van der Waals surface area contributed by atoms with Gasteiger partial charge in [0.05, 0.1) is 31.1 Å². The molecule has 1 rings (SSSR count). The monoisotopic (exact) mass is 281 g/mol. The van der Waals surface area contributed by atoms with Crippen molar-refractivity contribution < 1.29 is 14.3 Å². The van der Waals surface area contributed by atoms with Gasteiger partial charge < -0.3 is 25.8 Å². The summed E-state index contributed by atoms with van der Waals surface area (Å²) in [4.78, 5) is 11.6. The SMILES string of the molecule is CCCOc1cccc(NCC(=O)NCCOC)c1N. The molecule has 0 aliphatic carbocycles. The summed E-state index contributed by atoms with van der Waals surface area (Å²) in [5.41, 5.74) is 7.21. The second-order valence-electron chi connectivity index (χ2n) is 4.26. The van der Waals surface area contributed by atoms with E-state index >= 15 is 0 Å². The third-order valence-corrected chi connectivity index (χ3v) is 2.60. The predicted molar refractivity (Wildman–Crippen MR) is 80.0 cm³/mol. The molecule has 0 fully saturated rings. The topological polar surface area (TPSA) is 85.6 Å². The standard InChI is InChI=1S/C14H23N3O3/c1-3-8-20-12-6-4-5-11(14(12)15)17-10-13(18)16-7-9-19-2/h4-6,17H,3,7-10,15H2,1-2H3,(H,16,18). The number of para-hydroxylation sites is 1. The Morgan fingerprint density at radius 2 is 2.15 bits per heavy atom. The van der Waals surface area contributed by atoms with Gasteiger partial charge in [0.1, 0.15) is 5.75 Å². The van der Waals surface area contributed by atoms with Gasteiger partial charge in [-0.2, -0.15) is 0 Å². The van der Waals surface area contributed by atoms with Gasteiger partial charge in [-0.3, -0.25) is 4.79 Å². The van der Waals surface area contributed by atoms with Crippen LogP contribution >= 0.6 is 0 Å². The summed E-state index contributed by atoms with van der Waals surface area (Å²) in [5.74, 6) is 0.526. The summed E-state index contributed by atoms with van der Waals surface area (Å²) < 4.78 is 10.4. The highest BCUT2D eigenvalue weighted by Crippen LogP contribution is 2.29. The Hall–Kier alpha value is -1.95. The first-order valence-electron chi connectivity index (χ1n) is 6.69. The van der Waals surface area contributed by atoms with Crippen LogP contribution in [0.25, 0.3) is 0 Å². The fraction of sp³-hybridized carbons (Fsp3) is 0.500. The second-order valence-corrected chi connectivity index (χ2v) is 4.26. The van der Waals surface area contributed by atoms with Crippen molar-refractivity contribution in [3.05, 3.63) is 18.2 Å². The van der Waals surface area contributed by atoms with Crippen molar-refractivity contribution in [2.45, 2.75) is 13.3 Å². The Balaban J connectivity index is 2.49. The highest BCUT2D eigenvalue weighted by atomic mass is 16.5. The molecule has 1 amide bonds. The van der Waals surface area contributed by atoms with Gasteiger partial charge in [-0.25, -0.2) is 0 Å². The van der Waals surface area contributed by atoms with E-state index in [4.69, 9.17) is 15.2 Å². The zero-order chi connectivity index (χ0) is 14.8. The molecule has 112 valence electrons. The molecule has 20 heavy (non-hydrogen) atoms. The summed E-state index contributed by atoms with van der Waals surface area (Å²) in [6, 6.07) is 5.47. The van der Waals surface area contributed by atoms with Crippen molar-refractivity contribution >= 4 is 17.3 Å². The number of rotatable bonds is 9. The van der Waals surface area contributed by atoms with Gasteiger partial charge in [-0.1, -0.05) is 13.0 Å². The average molecular weight is 281 g/mol. The zero-order valence-corrected chi connectivity index (χ0v) is 12.1. The first kappa shape index (κ1) is 16.1. The lowest BCUT2D eigenvalue weighted by Crippen LogP contribution is -2.32. The van der Waals surface area contributed by atoms with Crippen molar-refractivity contribution in [2.75, 3.05) is 44.5 Å². The number of ether oxygens (including phenoxy) is 2. The van der Waals surface area contributed by atoms with Crippen LogP contribution in [0.5, 0.6) is 5.75 Å². The van der Waals surface area contributed by atoms with Crippen LogP contribution in [0, 0.1) is 0 Å². The van der Waals surface area contributed by atoms with E-state index in [2.05, 4.69) is 10.6 Å². The fourth-order valence-corrected chi connectivity index (χ4v) is 1.57. The van der Waals surface area contributed by atoms with Crippen LogP contribution in [0.4, 0.5) is 11.4 Å². The molecule has 0 aliphatic rings. The minimum Gasteiger partial charge on any atom is -0.491 e. The molecule has 0 aromatic heterocycles. The molecular weight excluding hydrogens is 258 g/mol. The van der Waals surface area contributed by atoms with Crippen LogP contribution in [-0.4, -0.2) is 39.3 Å². The zero-order valence-electron chi connectivity index (χ0n) is 12.1. The third-order valence-electron chi connectivity index (χ3n) is 2.60. The lowest BCUT2D eigenvalue weighted by molar-refractivity contribution is -0.119. The van der Waals surface area contributed by atoms with Crippen LogP contribution in [0.15, 0.2) is 18.2 Å². The molecule has 0 saturated carbocycles. The normalized spacial score (nSPS) is 10.1. The number of nitrogens with one attached hydrogen (secondary N) is 2. The van der Waals surface area contributed by atoms with Crippen LogP contribution in [0.2, 0.25) is 0 Å². The van der Waals surface area contributed by atoms with E-state index in [9.17, 15) is 4.79 Å². The smallest absolute Gasteiger partial charge is 0.239 e. The van der Waals surface area contributed by atoms with Gasteiger partial charge in [0.15, 0.2) is 0 Å². The number of methoxy groups -OCH3 is 1. The molecule has 1 aromatic carbocycles. The van der Waals surface area contributed by atoms with Crippen LogP contribution in [-0.2, 0) is 9.53 Å². The number of hydrogen-bond acceptors (Lipinski definition) is 5. The van der Waals surface area contributed by atoms with Crippen molar-refractivity contribution in [3.63, 3.8) is 0 Å². The van der Waals surface area contributed by atoms with Crippen molar-refractivity contribution in [2.24, 2.45) is 0 Å². The number of nitrogen functional groups attached to an aromatic ring is 1. The molecule has 0 radical (unpaired) electrons. The summed E-state index contributed by atoms with van der Waals surface area (Å²) in [6.45, 7) is 3.79. The van der Waals surface area contributed by atoms with Crippen LogP contribution in [0.3, 0.4) is 0 Å². The Bertz CT molecular complexity index is 424. The summed E-state index contributed by atoms with van der Waals surface area (Å²) in [7, 11) is 1.59. The molecule has 0 bridgehead atoms. The Morgan fingerprint density at radius 1 is 1.35 bits per heavy atom.